The summed E-state index contributed by atoms with van der Waals surface area (Å²) in [5.41, 5.74) is 8.95. The number of hydrogen-bond acceptors (Lipinski definition) is 5. The van der Waals surface area contributed by atoms with E-state index in [1.165, 1.54) is 5.56 Å². The monoisotopic (exact) mass is 441 g/mol. The van der Waals surface area contributed by atoms with Crippen LogP contribution in [-0.4, -0.2) is 59.1 Å². The lowest BCUT2D eigenvalue weighted by Crippen LogP contribution is -2.49. The Hall–Kier alpha value is -2.61. The van der Waals surface area contributed by atoms with Crippen molar-refractivity contribution in [1.82, 2.24) is 20.2 Å². The number of nitrogens with one attached hydrogen (secondary N) is 2. The number of H-pyrrole nitrogens is 1. The number of piperidine rings is 1. The first kappa shape index (κ1) is 21.6. The first-order chi connectivity index (χ1) is 15.0. The number of carbonyl (C=O) groups is 1. The van der Waals surface area contributed by atoms with Crippen molar-refractivity contribution >= 4 is 28.5 Å². The molecule has 2 aromatic carbocycles. The van der Waals surface area contributed by atoms with Crippen molar-refractivity contribution in [3.63, 3.8) is 0 Å². The van der Waals surface area contributed by atoms with E-state index in [-0.39, 0.29) is 18.0 Å². The lowest BCUT2D eigenvalue weighted by molar-refractivity contribution is 0.0897. The van der Waals surface area contributed by atoms with Gasteiger partial charge in [0.1, 0.15) is 12.4 Å². The van der Waals surface area contributed by atoms with Crippen molar-refractivity contribution in [3.8, 4) is 5.75 Å². The van der Waals surface area contributed by atoms with Gasteiger partial charge in [-0.1, -0.05) is 29.3 Å². The number of hydrogen-bond donors (Lipinski definition) is 3. The Labute approximate surface area is 186 Å². The number of rotatable bonds is 7. The zero-order valence-electron chi connectivity index (χ0n) is 17.6. The van der Waals surface area contributed by atoms with Crippen LogP contribution in [0, 0.1) is 6.92 Å². The number of nitrogens with two attached hydrogens (primary N) is 1. The maximum atomic E-state index is 12.6. The number of nitrogens with zero attached hydrogens (tertiary/aromatic N) is 2. The fourth-order valence-electron chi connectivity index (χ4n) is 3.83. The zero-order valence-corrected chi connectivity index (χ0v) is 18.4. The third kappa shape index (κ3) is 5.76. The third-order valence-electron chi connectivity index (χ3n) is 5.56. The second-order valence-corrected chi connectivity index (χ2v) is 8.62. The Kier molecular flexibility index (Phi) is 6.75. The Balaban J connectivity index is 1.20. The van der Waals surface area contributed by atoms with Crippen molar-refractivity contribution in [3.05, 3.63) is 58.9 Å². The standard InChI is InChI=1S/C23H28ClN5O2/c1-15-2-5-19(6-3-15)31-14-17(25)13-29-10-8-18(9-11-29)26-23(30)22-27-20-7-4-16(24)12-21(20)28-22/h2-7,12,17-18H,8-11,13-14,25H2,1H3,(H,26,30)(H,27,28). The van der Waals surface area contributed by atoms with E-state index in [0.29, 0.717) is 17.5 Å². The largest absolute Gasteiger partial charge is 0.492 e. The van der Waals surface area contributed by atoms with Gasteiger partial charge in [-0.2, -0.15) is 0 Å². The second kappa shape index (κ2) is 9.68. The number of aromatic amines is 1. The normalized spacial score (nSPS) is 16.4. The molecule has 1 saturated heterocycles. The first-order valence-corrected chi connectivity index (χ1v) is 11.0. The molecule has 31 heavy (non-hydrogen) atoms. The molecule has 0 saturated carbocycles. The van der Waals surface area contributed by atoms with Crippen LogP contribution in [0.1, 0.15) is 29.0 Å². The van der Waals surface area contributed by atoms with Gasteiger partial charge in [0.2, 0.25) is 0 Å². The molecule has 1 unspecified atom stereocenters. The number of ether oxygens (including phenoxy) is 1. The van der Waals surface area contributed by atoms with Gasteiger partial charge in [0, 0.05) is 30.7 Å². The van der Waals surface area contributed by atoms with Gasteiger partial charge in [-0.05, 0) is 50.1 Å². The number of aryl methyl sites for hydroxylation is 1. The van der Waals surface area contributed by atoms with E-state index in [0.717, 1.165) is 49.3 Å². The van der Waals surface area contributed by atoms with E-state index in [1.807, 2.05) is 31.2 Å². The quantitative estimate of drug-likeness (QED) is 0.523. The van der Waals surface area contributed by atoms with Gasteiger partial charge in [-0.15, -0.1) is 0 Å². The summed E-state index contributed by atoms with van der Waals surface area (Å²) in [6.45, 7) is 5.08. The van der Waals surface area contributed by atoms with Crippen LogP contribution in [0.4, 0.5) is 0 Å². The average Bonchev–Trinajstić information content (AvgIpc) is 3.18. The minimum Gasteiger partial charge on any atom is -0.492 e. The fourth-order valence-corrected chi connectivity index (χ4v) is 4.00. The number of likely N-dealkylation sites (tertiary alicyclic amines) is 1. The van der Waals surface area contributed by atoms with Gasteiger partial charge in [-0.25, -0.2) is 4.98 Å². The molecule has 1 aliphatic rings. The highest BCUT2D eigenvalue weighted by Crippen LogP contribution is 2.18. The van der Waals surface area contributed by atoms with Gasteiger partial charge in [0.25, 0.3) is 5.91 Å². The maximum Gasteiger partial charge on any atom is 0.287 e. The number of aromatic nitrogens is 2. The Morgan fingerprint density at radius 1 is 1.29 bits per heavy atom. The summed E-state index contributed by atoms with van der Waals surface area (Å²) >= 11 is 6.00. The summed E-state index contributed by atoms with van der Waals surface area (Å²) in [5.74, 6) is 0.972. The molecule has 1 aromatic heterocycles. The minimum absolute atomic E-state index is 0.0604. The number of imidazole rings is 1. The molecule has 1 amide bonds. The first-order valence-electron chi connectivity index (χ1n) is 10.6. The van der Waals surface area contributed by atoms with Crippen LogP contribution in [0.15, 0.2) is 42.5 Å². The van der Waals surface area contributed by atoms with Crippen LogP contribution in [0.25, 0.3) is 11.0 Å². The van der Waals surface area contributed by atoms with Crippen LogP contribution in [-0.2, 0) is 0 Å². The molecule has 1 fully saturated rings. The molecule has 0 spiro atoms. The van der Waals surface area contributed by atoms with E-state index in [4.69, 9.17) is 22.1 Å². The SMILES string of the molecule is Cc1ccc(OCC(N)CN2CCC(NC(=O)c3nc4ccc(Cl)cc4[nH]3)CC2)cc1. The molecule has 1 atom stereocenters. The van der Waals surface area contributed by atoms with Crippen LogP contribution in [0.3, 0.4) is 0 Å². The summed E-state index contributed by atoms with van der Waals surface area (Å²) in [5, 5.41) is 3.70. The van der Waals surface area contributed by atoms with E-state index in [1.54, 1.807) is 18.2 Å². The second-order valence-electron chi connectivity index (χ2n) is 8.18. The smallest absolute Gasteiger partial charge is 0.287 e. The van der Waals surface area contributed by atoms with Crippen molar-refractivity contribution in [2.45, 2.75) is 31.8 Å². The number of benzene rings is 2. The predicted molar refractivity (Wildman–Crippen MR) is 123 cm³/mol. The molecular weight excluding hydrogens is 414 g/mol. The van der Waals surface area contributed by atoms with Gasteiger partial charge in [-0.3, -0.25) is 4.79 Å². The summed E-state index contributed by atoms with van der Waals surface area (Å²) in [6.07, 6.45) is 1.76. The molecule has 1 aliphatic heterocycles. The average molecular weight is 442 g/mol. The van der Waals surface area contributed by atoms with Gasteiger partial charge in [0.05, 0.1) is 17.1 Å². The predicted octanol–water partition coefficient (Wildman–Crippen LogP) is 3.13. The number of halogens is 1. The third-order valence-corrected chi connectivity index (χ3v) is 5.79. The summed E-state index contributed by atoms with van der Waals surface area (Å²) in [7, 11) is 0. The lowest BCUT2D eigenvalue weighted by Gasteiger charge is -2.33. The van der Waals surface area contributed by atoms with Gasteiger partial charge < -0.3 is 25.7 Å². The highest BCUT2D eigenvalue weighted by Gasteiger charge is 2.23. The molecule has 7 nitrogen and oxygen atoms in total. The fraction of sp³-hybridized carbons (Fsp3) is 0.391. The van der Waals surface area contributed by atoms with Crippen molar-refractivity contribution in [1.29, 1.82) is 0 Å². The molecule has 4 N–H and O–H groups in total. The topological polar surface area (TPSA) is 96.3 Å². The number of carbonyl (C=O) groups excluding carboxylic acids is 1. The molecule has 2 heterocycles. The molecule has 0 aliphatic carbocycles. The molecular formula is C23H28ClN5O2. The minimum atomic E-state index is -0.186. The van der Waals surface area contributed by atoms with Crippen LogP contribution >= 0.6 is 11.6 Å². The molecule has 8 heteroatoms. The van der Waals surface area contributed by atoms with E-state index < -0.39 is 0 Å². The van der Waals surface area contributed by atoms with Crippen molar-refractivity contribution < 1.29 is 9.53 Å². The molecule has 0 radical (unpaired) electrons. The summed E-state index contributed by atoms with van der Waals surface area (Å²) in [4.78, 5) is 22.3. The van der Waals surface area contributed by atoms with E-state index in [2.05, 4.69) is 20.2 Å². The zero-order chi connectivity index (χ0) is 21.8. The van der Waals surface area contributed by atoms with Crippen molar-refractivity contribution in [2.75, 3.05) is 26.2 Å². The lowest BCUT2D eigenvalue weighted by atomic mass is 10.0. The van der Waals surface area contributed by atoms with Gasteiger partial charge >= 0.3 is 0 Å². The Morgan fingerprint density at radius 3 is 2.77 bits per heavy atom. The highest BCUT2D eigenvalue weighted by atomic mass is 35.5. The highest BCUT2D eigenvalue weighted by molar-refractivity contribution is 6.31. The summed E-state index contributed by atoms with van der Waals surface area (Å²) < 4.78 is 5.79. The Morgan fingerprint density at radius 2 is 2.03 bits per heavy atom. The summed E-state index contributed by atoms with van der Waals surface area (Å²) in [6, 6.07) is 13.4. The molecule has 164 valence electrons. The Bertz CT molecular complexity index is 1030. The molecule has 4 rings (SSSR count). The number of fused-ring (bicyclic) bond motifs is 1. The van der Waals surface area contributed by atoms with Crippen LogP contribution in [0.2, 0.25) is 5.02 Å². The molecule has 0 bridgehead atoms. The number of amides is 1. The van der Waals surface area contributed by atoms with Crippen LogP contribution in [0.5, 0.6) is 5.75 Å². The van der Waals surface area contributed by atoms with E-state index >= 15 is 0 Å². The van der Waals surface area contributed by atoms with Gasteiger partial charge in [0.15, 0.2) is 5.82 Å². The molecule has 3 aromatic rings. The maximum absolute atomic E-state index is 12.6. The van der Waals surface area contributed by atoms with E-state index in [9.17, 15) is 4.79 Å². The van der Waals surface area contributed by atoms with Crippen molar-refractivity contribution in [2.24, 2.45) is 5.73 Å². The van der Waals surface area contributed by atoms with Crippen LogP contribution < -0.4 is 15.8 Å².